The summed E-state index contributed by atoms with van der Waals surface area (Å²) in [4.78, 5) is 1.25. The highest BCUT2D eigenvalue weighted by Gasteiger charge is 2.17. The van der Waals surface area contributed by atoms with Gasteiger partial charge in [0, 0.05) is 22.3 Å². The number of benzene rings is 2. The third-order valence-corrected chi connectivity index (χ3v) is 5.19. The summed E-state index contributed by atoms with van der Waals surface area (Å²) in [5.74, 6) is 0.625. The Hall–Kier alpha value is -0.840. The fraction of sp³-hybridized carbons (Fsp3) is 0.294. The molecular formula is C17H19BrFNS. The maximum Gasteiger partial charge on any atom is 0.142 e. The van der Waals surface area contributed by atoms with Crippen LogP contribution in [0.25, 0.3) is 0 Å². The largest absolute Gasteiger partial charge is 0.309 e. The molecule has 0 aliphatic carbocycles. The fourth-order valence-electron chi connectivity index (χ4n) is 2.19. The number of nitrogens with one attached hydrogen (secondary N) is 1. The number of thioether (sulfide) groups is 1. The summed E-state index contributed by atoms with van der Waals surface area (Å²) in [5, 5.41) is 3.37. The van der Waals surface area contributed by atoms with Gasteiger partial charge in [-0.1, -0.05) is 37.3 Å². The molecule has 21 heavy (non-hydrogen) atoms. The molecular weight excluding hydrogens is 349 g/mol. The molecule has 1 nitrogen and oxygen atoms in total. The fourth-order valence-corrected chi connectivity index (χ4v) is 3.68. The highest BCUT2D eigenvalue weighted by molar-refractivity contribution is 9.10. The van der Waals surface area contributed by atoms with Gasteiger partial charge in [-0.25, -0.2) is 4.39 Å². The molecule has 2 aromatic carbocycles. The predicted molar refractivity (Wildman–Crippen MR) is 92.4 cm³/mol. The molecule has 0 spiro atoms. The average Bonchev–Trinajstić information content (AvgIpc) is 2.48. The Morgan fingerprint density at radius 1 is 1.19 bits per heavy atom. The second-order valence-electron chi connectivity index (χ2n) is 4.83. The minimum Gasteiger partial charge on any atom is -0.309 e. The van der Waals surface area contributed by atoms with Crippen molar-refractivity contribution in [3.63, 3.8) is 0 Å². The van der Waals surface area contributed by atoms with Gasteiger partial charge in [0.05, 0.1) is 4.47 Å². The highest BCUT2D eigenvalue weighted by atomic mass is 79.9. The van der Waals surface area contributed by atoms with E-state index in [0.29, 0.717) is 10.0 Å². The van der Waals surface area contributed by atoms with Crippen molar-refractivity contribution >= 4 is 27.7 Å². The maximum atomic E-state index is 14.3. The van der Waals surface area contributed by atoms with Gasteiger partial charge in [-0.05, 0) is 47.1 Å². The average molecular weight is 368 g/mol. The maximum absolute atomic E-state index is 14.3. The first-order valence-electron chi connectivity index (χ1n) is 6.99. The molecule has 0 saturated carbocycles. The van der Waals surface area contributed by atoms with E-state index in [1.54, 1.807) is 17.8 Å². The van der Waals surface area contributed by atoms with Crippen molar-refractivity contribution in [2.24, 2.45) is 0 Å². The van der Waals surface area contributed by atoms with Gasteiger partial charge in [-0.3, -0.25) is 0 Å². The summed E-state index contributed by atoms with van der Waals surface area (Å²) in [6.45, 7) is 4.95. The topological polar surface area (TPSA) is 12.0 Å². The minimum atomic E-state index is -0.172. The van der Waals surface area contributed by atoms with Gasteiger partial charge in [-0.2, -0.15) is 0 Å². The van der Waals surface area contributed by atoms with E-state index in [0.717, 1.165) is 12.3 Å². The van der Waals surface area contributed by atoms with Gasteiger partial charge >= 0.3 is 0 Å². The molecule has 0 aliphatic heterocycles. The zero-order chi connectivity index (χ0) is 15.2. The Morgan fingerprint density at radius 2 is 1.95 bits per heavy atom. The lowest BCUT2D eigenvalue weighted by molar-refractivity contribution is 0.542. The number of hydrogen-bond donors (Lipinski definition) is 1. The highest BCUT2D eigenvalue weighted by Crippen LogP contribution is 2.30. The molecule has 2 rings (SSSR count). The smallest absolute Gasteiger partial charge is 0.142 e. The summed E-state index contributed by atoms with van der Waals surface area (Å²) < 4.78 is 14.8. The van der Waals surface area contributed by atoms with Crippen LogP contribution < -0.4 is 5.32 Å². The first-order valence-corrected chi connectivity index (χ1v) is 8.77. The third kappa shape index (κ3) is 4.31. The van der Waals surface area contributed by atoms with E-state index in [4.69, 9.17) is 0 Å². The Balaban J connectivity index is 2.16. The van der Waals surface area contributed by atoms with Crippen molar-refractivity contribution in [1.29, 1.82) is 0 Å². The lowest BCUT2D eigenvalue weighted by atomic mass is 10.1. The van der Waals surface area contributed by atoms with Gasteiger partial charge in [0.25, 0.3) is 0 Å². The lowest BCUT2D eigenvalue weighted by Crippen LogP contribution is -2.24. The second-order valence-corrected chi connectivity index (χ2v) is 6.75. The molecule has 0 amide bonds. The van der Waals surface area contributed by atoms with Gasteiger partial charge in [-0.15, -0.1) is 11.8 Å². The molecule has 0 radical (unpaired) electrons. The van der Waals surface area contributed by atoms with Crippen LogP contribution in [0, 0.1) is 12.7 Å². The van der Waals surface area contributed by atoms with Crippen molar-refractivity contribution in [2.75, 3.05) is 12.3 Å². The summed E-state index contributed by atoms with van der Waals surface area (Å²) >= 11 is 5.02. The summed E-state index contributed by atoms with van der Waals surface area (Å²) in [6, 6.07) is 13.8. The van der Waals surface area contributed by atoms with Crippen molar-refractivity contribution in [1.82, 2.24) is 5.32 Å². The van der Waals surface area contributed by atoms with Crippen LogP contribution in [0.2, 0.25) is 0 Å². The van der Waals surface area contributed by atoms with Gasteiger partial charge in [0.1, 0.15) is 5.82 Å². The van der Waals surface area contributed by atoms with Crippen LogP contribution in [-0.4, -0.2) is 12.3 Å². The quantitative estimate of drug-likeness (QED) is 0.691. The van der Waals surface area contributed by atoms with Crippen LogP contribution in [0.1, 0.15) is 24.1 Å². The Morgan fingerprint density at radius 3 is 2.67 bits per heavy atom. The normalized spacial score (nSPS) is 12.4. The molecule has 1 atom stereocenters. The number of halogens is 2. The zero-order valence-electron chi connectivity index (χ0n) is 12.2. The lowest BCUT2D eigenvalue weighted by Gasteiger charge is -2.19. The van der Waals surface area contributed by atoms with Crippen molar-refractivity contribution in [3.05, 3.63) is 63.9 Å². The van der Waals surface area contributed by atoms with E-state index in [2.05, 4.69) is 40.3 Å². The molecule has 1 N–H and O–H groups in total. The SMILES string of the molecule is CCNC(CSc1ccccc1C)c1cccc(Br)c1F. The summed E-state index contributed by atoms with van der Waals surface area (Å²) in [5.41, 5.74) is 1.97. The van der Waals surface area contributed by atoms with Crippen LogP contribution in [0.3, 0.4) is 0 Å². The molecule has 1 unspecified atom stereocenters. The molecule has 0 fully saturated rings. The van der Waals surface area contributed by atoms with Crippen molar-refractivity contribution < 1.29 is 4.39 Å². The first-order chi connectivity index (χ1) is 10.1. The van der Waals surface area contributed by atoms with Crippen LogP contribution >= 0.6 is 27.7 Å². The standard InChI is InChI=1S/C17H19BrFNS/c1-3-20-15(13-8-6-9-14(18)17(13)19)11-21-16-10-5-4-7-12(16)2/h4-10,15,20H,3,11H2,1-2H3. The summed E-state index contributed by atoms with van der Waals surface area (Å²) in [6.07, 6.45) is 0. The zero-order valence-corrected chi connectivity index (χ0v) is 14.6. The Labute approximate surface area is 138 Å². The Bertz CT molecular complexity index is 603. The van der Waals surface area contributed by atoms with Crippen LogP contribution in [-0.2, 0) is 0 Å². The molecule has 0 aliphatic rings. The number of rotatable bonds is 6. The Kier molecular flexibility index (Phi) is 6.27. The van der Waals surface area contributed by atoms with E-state index < -0.39 is 0 Å². The summed E-state index contributed by atoms with van der Waals surface area (Å²) in [7, 11) is 0. The predicted octanol–water partition coefficient (Wildman–Crippen LogP) is 5.34. The van der Waals surface area contributed by atoms with Crippen molar-refractivity contribution in [3.8, 4) is 0 Å². The molecule has 0 bridgehead atoms. The van der Waals surface area contributed by atoms with E-state index in [1.807, 2.05) is 31.2 Å². The molecule has 4 heteroatoms. The van der Waals surface area contributed by atoms with E-state index in [9.17, 15) is 4.39 Å². The third-order valence-electron chi connectivity index (χ3n) is 3.31. The van der Waals surface area contributed by atoms with Crippen LogP contribution in [0.4, 0.5) is 4.39 Å². The minimum absolute atomic E-state index is 0.00268. The first kappa shape index (κ1) is 16.5. The van der Waals surface area contributed by atoms with Crippen LogP contribution in [0.5, 0.6) is 0 Å². The number of aryl methyl sites for hydroxylation is 1. The van der Waals surface area contributed by atoms with E-state index >= 15 is 0 Å². The van der Waals surface area contributed by atoms with E-state index in [-0.39, 0.29) is 11.9 Å². The van der Waals surface area contributed by atoms with Gasteiger partial charge in [0.15, 0.2) is 0 Å². The molecule has 112 valence electrons. The molecule has 2 aromatic rings. The second kappa shape index (κ2) is 7.97. The monoisotopic (exact) mass is 367 g/mol. The van der Waals surface area contributed by atoms with E-state index in [1.165, 1.54) is 10.5 Å². The van der Waals surface area contributed by atoms with Gasteiger partial charge in [0.2, 0.25) is 0 Å². The van der Waals surface area contributed by atoms with Crippen molar-refractivity contribution in [2.45, 2.75) is 24.8 Å². The molecule has 0 aromatic heterocycles. The molecule has 0 heterocycles. The van der Waals surface area contributed by atoms with Crippen LogP contribution in [0.15, 0.2) is 51.8 Å². The number of hydrogen-bond acceptors (Lipinski definition) is 2. The molecule has 0 saturated heterocycles. The van der Waals surface area contributed by atoms with Gasteiger partial charge < -0.3 is 5.32 Å².